The summed E-state index contributed by atoms with van der Waals surface area (Å²) in [6, 6.07) is 4.14. The number of ether oxygens (including phenoxy) is 2. The number of hydrogen-bond acceptors (Lipinski definition) is 5. The van der Waals surface area contributed by atoms with Gasteiger partial charge in [-0.3, -0.25) is 0 Å². The summed E-state index contributed by atoms with van der Waals surface area (Å²) in [5.41, 5.74) is 6.02. The largest absolute Gasteiger partial charge is 0.495 e. The van der Waals surface area contributed by atoms with Crippen LogP contribution >= 0.6 is 0 Å². The zero-order chi connectivity index (χ0) is 14.6. The number of nitrogens with zero attached hydrogens (tertiary/aromatic N) is 1. The Balaban J connectivity index is 3.10. The Hall–Kier alpha value is -1.31. The molecule has 0 aliphatic carbocycles. The van der Waals surface area contributed by atoms with E-state index in [1.54, 1.807) is 6.92 Å². The highest BCUT2D eigenvalue weighted by atomic mass is 32.2. The number of rotatable bonds is 6. The molecule has 0 bridgehead atoms. The number of nitrogen functional groups attached to an aromatic ring is 1. The lowest BCUT2D eigenvalue weighted by atomic mass is 10.3. The minimum Gasteiger partial charge on any atom is -0.495 e. The summed E-state index contributed by atoms with van der Waals surface area (Å²) in [6.07, 6.45) is 0. The second-order valence-corrected chi connectivity index (χ2v) is 6.23. The molecular formula is C12H20N2O4S. The molecule has 0 heterocycles. The minimum absolute atomic E-state index is 0.135. The van der Waals surface area contributed by atoms with Gasteiger partial charge in [-0.2, -0.15) is 4.31 Å². The van der Waals surface area contributed by atoms with E-state index in [9.17, 15) is 8.42 Å². The fourth-order valence-corrected chi connectivity index (χ4v) is 3.01. The maximum Gasteiger partial charge on any atom is 0.243 e. The Morgan fingerprint density at radius 3 is 2.47 bits per heavy atom. The molecule has 1 aromatic carbocycles. The first kappa shape index (κ1) is 15.7. The molecular weight excluding hydrogens is 268 g/mol. The van der Waals surface area contributed by atoms with E-state index >= 15 is 0 Å². The topological polar surface area (TPSA) is 81.9 Å². The quantitative estimate of drug-likeness (QED) is 0.788. The molecule has 108 valence electrons. The van der Waals surface area contributed by atoms with Gasteiger partial charge >= 0.3 is 0 Å². The SMILES string of the molecule is COCC(C)N(C)S(=O)(=O)c1ccc(OC)c(N)c1. The molecule has 1 unspecified atom stereocenters. The molecule has 0 fully saturated rings. The molecule has 1 aromatic rings. The molecule has 1 rings (SSSR count). The number of nitrogens with two attached hydrogens (primary N) is 1. The summed E-state index contributed by atoms with van der Waals surface area (Å²) in [5, 5.41) is 0. The molecule has 19 heavy (non-hydrogen) atoms. The summed E-state index contributed by atoms with van der Waals surface area (Å²) in [4.78, 5) is 0.135. The average molecular weight is 288 g/mol. The maximum atomic E-state index is 12.4. The highest BCUT2D eigenvalue weighted by Gasteiger charge is 2.25. The number of likely N-dealkylation sites (N-methyl/N-ethyl adjacent to an activating group) is 1. The third-order valence-corrected chi connectivity index (χ3v) is 4.87. The average Bonchev–Trinajstić information content (AvgIpc) is 2.37. The van der Waals surface area contributed by atoms with Gasteiger partial charge < -0.3 is 15.2 Å². The van der Waals surface area contributed by atoms with Crippen molar-refractivity contribution in [2.24, 2.45) is 0 Å². The van der Waals surface area contributed by atoms with Crippen molar-refractivity contribution < 1.29 is 17.9 Å². The molecule has 6 nitrogen and oxygen atoms in total. The van der Waals surface area contributed by atoms with Crippen LogP contribution in [0.1, 0.15) is 6.92 Å². The van der Waals surface area contributed by atoms with Gasteiger partial charge in [-0.25, -0.2) is 8.42 Å². The van der Waals surface area contributed by atoms with Gasteiger partial charge in [0.15, 0.2) is 0 Å². The number of sulfonamides is 1. The van der Waals surface area contributed by atoms with Crippen LogP contribution in [0.3, 0.4) is 0 Å². The lowest BCUT2D eigenvalue weighted by molar-refractivity contribution is 0.149. The Labute approximate surface area is 114 Å². The highest BCUT2D eigenvalue weighted by molar-refractivity contribution is 7.89. The number of methoxy groups -OCH3 is 2. The van der Waals surface area contributed by atoms with Crippen LogP contribution in [0.25, 0.3) is 0 Å². The molecule has 0 radical (unpaired) electrons. The molecule has 2 N–H and O–H groups in total. The van der Waals surface area contributed by atoms with Gasteiger partial charge in [0, 0.05) is 20.2 Å². The standard InChI is InChI=1S/C12H20N2O4S/c1-9(8-17-3)14(2)19(15,16)10-5-6-12(18-4)11(13)7-10/h5-7,9H,8,13H2,1-4H3. The van der Waals surface area contributed by atoms with Gasteiger partial charge in [0.25, 0.3) is 0 Å². The maximum absolute atomic E-state index is 12.4. The fourth-order valence-electron chi connectivity index (χ4n) is 1.62. The van der Waals surface area contributed by atoms with Crippen LogP contribution < -0.4 is 10.5 Å². The smallest absolute Gasteiger partial charge is 0.243 e. The van der Waals surface area contributed by atoms with E-state index in [0.717, 1.165) is 0 Å². The first-order valence-electron chi connectivity index (χ1n) is 5.75. The molecule has 0 aliphatic rings. The van der Waals surface area contributed by atoms with E-state index in [1.165, 1.54) is 43.8 Å². The third kappa shape index (κ3) is 3.37. The van der Waals surface area contributed by atoms with E-state index in [1.807, 2.05) is 0 Å². The van der Waals surface area contributed by atoms with Gasteiger partial charge in [-0.05, 0) is 25.1 Å². The summed E-state index contributed by atoms with van der Waals surface area (Å²) in [6.45, 7) is 2.09. The van der Waals surface area contributed by atoms with Crippen LogP contribution in [0.5, 0.6) is 5.75 Å². The first-order chi connectivity index (χ1) is 8.84. The van der Waals surface area contributed by atoms with Crippen LogP contribution in [0.15, 0.2) is 23.1 Å². The van der Waals surface area contributed by atoms with E-state index < -0.39 is 10.0 Å². The van der Waals surface area contributed by atoms with Gasteiger partial charge in [-0.15, -0.1) is 0 Å². The molecule has 1 atom stereocenters. The highest BCUT2D eigenvalue weighted by Crippen LogP contribution is 2.26. The second kappa shape index (κ2) is 6.23. The van der Waals surface area contributed by atoms with Crippen LogP contribution in [0.2, 0.25) is 0 Å². The zero-order valence-corrected chi connectivity index (χ0v) is 12.4. The van der Waals surface area contributed by atoms with Crippen LogP contribution in [-0.4, -0.2) is 46.6 Å². The van der Waals surface area contributed by atoms with Gasteiger partial charge in [0.05, 0.1) is 24.3 Å². The van der Waals surface area contributed by atoms with E-state index in [4.69, 9.17) is 15.2 Å². The molecule has 0 saturated heterocycles. The van der Waals surface area contributed by atoms with E-state index in [-0.39, 0.29) is 16.6 Å². The monoisotopic (exact) mass is 288 g/mol. The number of hydrogen-bond donors (Lipinski definition) is 1. The van der Waals surface area contributed by atoms with Crippen LogP contribution in [-0.2, 0) is 14.8 Å². The summed E-state index contributed by atoms with van der Waals surface area (Å²) < 4.78 is 36.0. The molecule has 0 spiro atoms. The van der Waals surface area contributed by atoms with Crippen molar-refractivity contribution in [1.82, 2.24) is 4.31 Å². The lowest BCUT2D eigenvalue weighted by Gasteiger charge is -2.23. The van der Waals surface area contributed by atoms with E-state index in [0.29, 0.717) is 12.4 Å². The van der Waals surface area contributed by atoms with Crippen LogP contribution in [0, 0.1) is 0 Å². The number of benzene rings is 1. The molecule has 0 aromatic heterocycles. The van der Waals surface area contributed by atoms with Crippen LogP contribution in [0.4, 0.5) is 5.69 Å². The Bertz CT molecular complexity index is 531. The normalized spacial score (nSPS) is 13.5. The lowest BCUT2D eigenvalue weighted by Crippen LogP contribution is -2.37. The third-order valence-electron chi connectivity index (χ3n) is 2.91. The van der Waals surface area contributed by atoms with Crippen molar-refractivity contribution >= 4 is 15.7 Å². The summed E-state index contributed by atoms with van der Waals surface area (Å²) in [7, 11) is 0.932. The Morgan fingerprint density at radius 2 is 2.00 bits per heavy atom. The second-order valence-electron chi connectivity index (χ2n) is 4.23. The van der Waals surface area contributed by atoms with Gasteiger partial charge in [-0.1, -0.05) is 0 Å². The van der Waals surface area contributed by atoms with Crippen molar-refractivity contribution in [3.63, 3.8) is 0 Å². The van der Waals surface area contributed by atoms with Crippen molar-refractivity contribution in [2.75, 3.05) is 33.6 Å². The van der Waals surface area contributed by atoms with Crippen molar-refractivity contribution in [3.05, 3.63) is 18.2 Å². The Morgan fingerprint density at radius 1 is 1.37 bits per heavy atom. The fraction of sp³-hybridized carbons (Fsp3) is 0.500. The molecule has 0 saturated carbocycles. The van der Waals surface area contributed by atoms with Gasteiger partial charge in [0.2, 0.25) is 10.0 Å². The minimum atomic E-state index is -3.59. The van der Waals surface area contributed by atoms with Gasteiger partial charge in [0.1, 0.15) is 5.75 Å². The number of anilines is 1. The van der Waals surface area contributed by atoms with Crippen molar-refractivity contribution in [3.8, 4) is 5.75 Å². The molecule has 0 aliphatic heterocycles. The predicted molar refractivity (Wildman–Crippen MR) is 73.7 cm³/mol. The van der Waals surface area contributed by atoms with Crippen molar-refractivity contribution in [2.45, 2.75) is 17.9 Å². The predicted octanol–water partition coefficient (Wildman–Crippen LogP) is 0.933. The zero-order valence-electron chi connectivity index (χ0n) is 11.6. The molecule has 0 amide bonds. The first-order valence-corrected chi connectivity index (χ1v) is 7.19. The summed E-state index contributed by atoms with van der Waals surface area (Å²) >= 11 is 0. The molecule has 7 heteroatoms. The Kier molecular flexibility index (Phi) is 5.16. The van der Waals surface area contributed by atoms with E-state index in [2.05, 4.69) is 0 Å². The summed E-state index contributed by atoms with van der Waals surface area (Å²) in [5.74, 6) is 0.451. The van der Waals surface area contributed by atoms with Crippen molar-refractivity contribution in [1.29, 1.82) is 0 Å².